The maximum Gasteiger partial charge on any atom is 0.253 e. The number of hydrogen-bond donors (Lipinski definition) is 1. The van der Waals surface area contributed by atoms with E-state index in [1.807, 2.05) is 35.2 Å². The molecule has 284 valence electrons. The van der Waals surface area contributed by atoms with Crippen LogP contribution in [0.4, 0.5) is 11.6 Å². The highest BCUT2D eigenvalue weighted by atomic mass is 32.2. The summed E-state index contributed by atoms with van der Waals surface area (Å²) in [5, 5.41) is 0.343. The fraction of sp³-hybridized carbons (Fsp3) is 0.400. The summed E-state index contributed by atoms with van der Waals surface area (Å²) in [6.45, 7) is 6.09. The topological polar surface area (TPSA) is 157 Å². The molecule has 3 aromatic carbocycles. The monoisotopic (exact) mass is 754 g/mol. The van der Waals surface area contributed by atoms with E-state index in [1.54, 1.807) is 54.0 Å². The lowest BCUT2D eigenvalue weighted by Crippen LogP contribution is -2.49. The average molecular weight is 755 g/mol. The lowest BCUT2D eigenvalue weighted by molar-refractivity contribution is -0.134. The van der Waals surface area contributed by atoms with Gasteiger partial charge in [-0.1, -0.05) is 55.9 Å². The summed E-state index contributed by atoms with van der Waals surface area (Å²) in [6, 6.07) is 17.9. The number of anilines is 2. The molecule has 2 saturated heterocycles. The van der Waals surface area contributed by atoms with Crippen LogP contribution in [0.3, 0.4) is 0 Å². The number of likely N-dealkylation sites (tertiary alicyclic amines) is 1. The molecule has 2 aliphatic heterocycles. The molecular weight excluding hydrogens is 709 g/mol. The zero-order valence-corrected chi connectivity index (χ0v) is 31.9. The summed E-state index contributed by atoms with van der Waals surface area (Å²) < 4.78 is 17.0. The third-order valence-corrected chi connectivity index (χ3v) is 11.1. The first-order chi connectivity index (χ1) is 26.1. The largest absolute Gasteiger partial charge is 0.493 e. The van der Waals surface area contributed by atoms with Crippen LogP contribution in [-0.4, -0.2) is 101 Å². The summed E-state index contributed by atoms with van der Waals surface area (Å²) in [5.74, 6) is 0.867. The summed E-state index contributed by atoms with van der Waals surface area (Å²) in [7, 11) is 2.96. The highest BCUT2D eigenvalue weighted by molar-refractivity contribution is 8.13. The lowest BCUT2D eigenvalue weighted by Gasteiger charge is -2.35. The number of carbonyl (C=O) groups is 4. The first-order valence-electron chi connectivity index (χ1n) is 18.2. The summed E-state index contributed by atoms with van der Waals surface area (Å²) in [4.78, 5) is 68.6. The van der Waals surface area contributed by atoms with Crippen LogP contribution in [0.5, 0.6) is 17.2 Å². The van der Waals surface area contributed by atoms with Crippen molar-refractivity contribution in [1.29, 1.82) is 0 Å². The van der Waals surface area contributed by atoms with Crippen molar-refractivity contribution < 1.29 is 33.4 Å². The van der Waals surface area contributed by atoms with Crippen LogP contribution < -0.4 is 24.8 Å². The van der Waals surface area contributed by atoms with Crippen LogP contribution in [0.15, 0.2) is 60.7 Å². The van der Waals surface area contributed by atoms with Crippen molar-refractivity contribution in [2.24, 2.45) is 5.92 Å². The van der Waals surface area contributed by atoms with E-state index in [9.17, 15) is 19.2 Å². The smallest absolute Gasteiger partial charge is 0.253 e. The highest BCUT2D eigenvalue weighted by Gasteiger charge is 2.39. The Balaban J connectivity index is 1.21. The van der Waals surface area contributed by atoms with E-state index in [0.29, 0.717) is 98.3 Å². The van der Waals surface area contributed by atoms with Crippen LogP contribution in [0.1, 0.15) is 59.5 Å². The maximum absolute atomic E-state index is 14.5. The number of nitrogen functional groups attached to an aromatic ring is 1. The molecule has 0 bridgehead atoms. The number of fused-ring (bicyclic) bond motifs is 1. The van der Waals surface area contributed by atoms with Gasteiger partial charge in [0.1, 0.15) is 18.1 Å². The van der Waals surface area contributed by atoms with E-state index in [2.05, 4.69) is 0 Å². The molecule has 0 saturated carbocycles. The van der Waals surface area contributed by atoms with Gasteiger partial charge in [0.25, 0.3) is 5.91 Å². The maximum atomic E-state index is 14.5. The molecule has 4 aromatic rings. The number of carbonyl (C=O) groups excluding carboxylic acids is 4. The van der Waals surface area contributed by atoms with Gasteiger partial charge in [0, 0.05) is 62.4 Å². The van der Waals surface area contributed by atoms with E-state index in [0.717, 1.165) is 17.3 Å². The van der Waals surface area contributed by atoms with Crippen LogP contribution in [0.2, 0.25) is 0 Å². The van der Waals surface area contributed by atoms with Gasteiger partial charge in [-0.2, -0.15) is 0 Å². The minimum Gasteiger partial charge on any atom is -0.493 e. The average Bonchev–Trinajstić information content (AvgIpc) is 3.71. The van der Waals surface area contributed by atoms with E-state index in [4.69, 9.17) is 29.9 Å². The fourth-order valence-corrected chi connectivity index (χ4v) is 7.60. The minimum absolute atomic E-state index is 0.0210. The van der Waals surface area contributed by atoms with Crippen LogP contribution in [0, 0.1) is 5.92 Å². The van der Waals surface area contributed by atoms with Crippen molar-refractivity contribution >= 4 is 57.0 Å². The number of hydrogen-bond acceptors (Lipinski definition) is 12. The number of nitrogens with two attached hydrogens (primary N) is 1. The van der Waals surface area contributed by atoms with Gasteiger partial charge in [0.05, 0.1) is 36.9 Å². The molecule has 54 heavy (non-hydrogen) atoms. The Bertz CT molecular complexity index is 2000. The predicted molar refractivity (Wildman–Crippen MR) is 208 cm³/mol. The molecular formula is C40H46N6O7S. The van der Waals surface area contributed by atoms with Crippen LogP contribution in [0.25, 0.3) is 10.9 Å². The number of piperazine rings is 1. The molecule has 2 unspecified atom stereocenters. The third kappa shape index (κ3) is 8.23. The van der Waals surface area contributed by atoms with Gasteiger partial charge in [0.2, 0.25) is 17.6 Å². The number of thioether (sulfide) groups is 1. The Hall–Kier alpha value is -5.37. The third-order valence-electron chi connectivity index (χ3n) is 9.83. The molecule has 0 radical (unpaired) electrons. The molecule has 2 N–H and O–H groups in total. The molecule has 1 aromatic heterocycles. The number of Topliss-reactive ketones (excluding diaryl/α,β-unsaturated/α-hetero) is 1. The van der Waals surface area contributed by atoms with E-state index in [-0.39, 0.29) is 39.8 Å². The van der Waals surface area contributed by atoms with Crippen LogP contribution >= 0.6 is 11.8 Å². The molecule has 2 fully saturated rings. The molecule has 14 heteroatoms. The second-order valence-corrected chi connectivity index (χ2v) is 14.4. The van der Waals surface area contributed by atoms with Crippen molar-refractivity contribution in [2.45, 2.75) is 45.8 Å². The Kier molecular flexibility index (Phi) is 12.2. The van der Waals surface area contributed by atoms with E-state index in [1.165, 1.54) is 14.2 Å². The Labute approximate surface area is 319 Å². The van der Waals surface area contributed by atoms with Crippen molar-refractivity contribution in [2.75, 3.05) is 63.3 Å². The second-order valence-electron chi connectivity index (χ2n) is 13.4. The Morgan fingerprint density at radius 3 is 2.33 bits per heavy atom. The fourth-order valence-electron chi connectivity index (χ4n) is 6.82. The van der Waals surface area contributed by atoms with E-state index >= 15 is 0 Å². The quantitative estimate of drug-likeness (QED) is 0.140. The number of ketones is 1. The number of aromatic nitrogens is 2. The number of rotatable bonds is 13. The first-order valence-corrected chi connectivity index (χ1v) is 19.2. The van der Waals surface area contributed by atoms with Gasteiger partial charge >= 0.3 is 0 Å². The van der Waals surface area contributed by atoms with Gasteiger partial charge in [0.15, 0.2) is 16.6 Å². The lowest BCUT2D eigenvalue weighted by atomic mass is 10.0. The molecule has 2 amide bonds. The van der Waals surface area contributed by atoms with Gasteiger partial charge in [-0.05, 0) is 42.7 Å². The van der Waals surface area contributed by atoms with Crippen LogP contribution in [-0.2, 0) is 16.2 Å². The standard InChI is InChI=1S/C40H46N6O7S/c1-5-32(47)54-24-25(2)38(49)46-17-9-12-30(46)36(48)35-33-29(22-31(51-3)37(52-4)34(33)41)42-40(43-35)45-20-18-44(19-21-45)39(50)27-13-15-28(16-14-27)53-23-26-10-7-6-8-11-26/h6-8,10-11,13-16,22,25,30H,5,9,12,17-21,23-24,41H2,1-4H3. The summed E-state index contributed by atoms with van der Waals surface area (Å²) in [6.07, 6.45) is 1.51. The summed E-state index contributed by atoms with van der Waals surface area (Å²) >= 11 is 1.14. The van der Waals surface area contributed by atoms with Crippen molar-refractivity contribution in [3.8, 4) is 17.2 Å². The first kappa shape index (κ1) is 38.4. The van der Waals surface area contributed by atoms with Gasteiger partial charge in [-0.15, -0.1) is 0 Å². The second kappa shape index (κ2) is 17.2. The molecule has 6 rings (SSSR count). The number of ether oxygens (including phenoxy) is 3. The molecule has 0 aliphatic carbocycles. The predicted octanol–water partition coefficient (Wildman–Crippen LogP) is 5.25. The SMILES string of the molecule is CCC(=O)SCC(C)C(=O)N1CCCC1C(=O)c1nc(N2CCN(C(=O)c3ccc(OCc4ccccc4)cc3)CC2)nc2cc(OC)c(OC)c(N)c12. The molecule has 2 aliphatic rings. The van der Waals surface area contributed by atoms with Gasteiger partial charge in [-0.25, -0.2) is 9.97 Å². The molecule has 3 heterocycles. The zero-order valence-electron chi connectivity index (χ0n) is 31.1. The molecule has 0 spiro atoms. The number of methoxy groups -OCH3 is 2. The highest BCUT2D eigenvalue weighted by Crippen LogP contribution is 2.41. The molecule has 13 nitrogen and oxygen atoms in total. The Morgan fingerprint density at radius 1 is 0.944 bits per heavy atom. The molecule has 2 atom stereocenters. The minimum atomic E-state index is -0.755. The van der Waals surface area contributed by atoms with Crippen molar-refractivity contribution in [3.63, 3.8) is 0 Å². The number of nitrogens with zero attached hydrogens (tertiary/aromatic N) is 5. The Morgan fingerprint density at radius 2 is 1.67 bits per heavy atom. The zero-order chi connectivity index (χ0) is 38.4. The summed E-state index contributed by atoms with van der Waals surface area (Å²) in [5.41, 5.74) is 8.90. The van der Waals surface area contributed by atoms with Crippen molar-refractivity contribution in [1.82, 2.24) is 19.8 Å². The normalized spacial score (nSPS) is 16.3. The van der Waals surface area contributed by atoms with Gasteiger partial charge < -0.3 is 34.6 Å². The van der Waals surface area contributed by atoms with Gasteiger partial charge in [-0.3, -0.25) is 19.2 Å². The van der Waals surface area contributed by atoms with Crippen molar-refractivity contribution in [3.05, 3.63) is 77.5 Å². The van der Waals surface area contributed by atoms with E-state index < -0.39 is 12.0 Å². The number of amides is 2. The number of benzene rings is 3.